The molecule has 1 heterocycles. The zero-order valence-electron chi connectivity index (χ0n) is 13.1. The summed E-state index contributed by atoms with van der Waals surface area (Å²) in [6, 6.07) is 8.68. The van der Waals surface area contributed by atoms with Crippen LogP contribution in [0.4, 0.5) is 0 Å². The molecule has 2 aromatic rings. The van der Waals surface area contributed by atoms with Gasteiger partial charge in [0.05, 0.1) is 6.20 Å². The lowest BCUT2D eigenvalue weighted by Crippen LogP contribution is -2.14. The van der Waals surface area contributed by atoms with Crippen LogP contribution >= 0.6 is 12.4 Å². The molecule has 1 aromatic carbocycles. The highest BCUT2D eigenvalue weighted by Crippen LogP contribution is 2.26. The third kappa shape index (κ3) is 4.34. The number of nitrogens with two attached hydrogens (primary N) is 1. The lowest BCUT2D eigenvalue weighted by atomic mass is 9.89. The topological polar surface area (TPSA) is 43.8 Å². The molecule has 1 aromatic heterocycles. The SMILES string of the molecule is Cl.NCCc1ccc(-c2cnn(CC3CCCCC3)c2)cc1. The van der Waals surface area contributed by atoms with Crippen molar-refractivity contribution in [1.82, 2.24) is 9.78 Å². The van der Waals surface area contributed by atoms with Crippen molar-refractivity contribution in [2.45, 2.75) is 45.1 Å². The van der Waals surface area contributed by atoms with Gasteiger partial charge in [0.1, 0.15) is 0 Å². The number of aromatic nitrogens is 2. The molecule has 3 rings (SSSR count). The van der Waals surface area contributed by atoms with E-state index in [2.05, 4.69) is 40.2 Å². The summed E-state index contributed by atoms with van der Waals surface area (Å²) in [5.41, 5.74) is 9.34. The fraction of sp³-hybridized carbons (Fsp3) is 0.500. The molecule has 0 bridgehead atoms. The molecule has 0 spiro atoms. The minimum Gasteiger partial charge on any atom is -0.330 e. The highest BCUT2D eigenvalue weighted by atomic mass is 35.5. The molecule has 4 heteroatoms. The van der Waals surface area contributed by atoms with Crippen LogP contribution in [0.2, 0.25) is 0 Å². The lowest BCUT2D eigenvalue weighted by Gasteiger charge is -2.21. The van der Waals surface area contributed by atoms with E-state index in [1.165, 1.54) is 48.8 Å². The van der Waals surface area contributed by atoms with E-state index in [1.54, 1.807) is 0 Å². The Morgan fingerprint density at radius 2 is 1.77 bits per heavy atom. The molecule has 1 saturated carbocycles. The Hall–Kier alpha value is -1.32. The van der Waals surface area contributed by atoms with Crippen LogP contribution in [0.15, 0.2) is 36.7 Å². The molecule has 1 aliphatic carbocycles. The number of hydrogen-bond donors (Lipinski definition) is 1. The van der Waals surface area contributed by atoms with E-state index in [9.17, 15) is 0 Å². The maximum absolute atomic E-state index is 5.59. The maximum atomic E-state index is 5.59. The largest absolute Gasteiger partial charge is 0.330 e. The number of benzene rings is 1. The number of rotatable bonds is 5. The average Bonchev–Trinajstić information content (AvgIpc) is 2.98. The van der Waals surface area contributed by atoms with Crippen molar-refractivity contribution in [3.63, 3.8) is 0 Å². The quantitative estimate of drug-likeness (QED) is 0.903. The first-order valence-electron chi connectivity index (χ1n) is 8.17. The minimum absolute atomic E-state index is 0. The first-order chi connectivity index (χ1) is 10.3. The van der Waals surface area contributed by atoms with Gasteiger partial charge >= 0.3 is 0 Å². The molecule has 1 fully saturated rings. The fourth-order valence-corrected chi connectivity index (χ4v) is 3.28. The van der Waals surface area contributed by atoms with Gasteiger partial charge in [-0.05, 0) is 42.9 Å². The van der Waals surface area contributed by atoms with Crippen LogP contribution in [-0.4, -0.2) is 16.3 Å². The molecular weight excluding hydrogens is 294 g/mol. The summed E-state index contributed by atoms with van der Waals surface area (Å²) < 4.78 is 2.12. The summed E-state index contributed by atoms with van der Waals surface area (Å²) in [6.45, 7) is 1.78. The van der Waals surface area contributed by atoms with E-state index in [4.69, 9.17) is 5.73 Å². The van der Waals surface area contributed by atoms with Gasteiger partial charge < -0.3 is 5.73 Å². The third-order valence-electron chi connectivity index (χ3n) is 4.52. The average molecular weight is 320 g/mol. The highest BCUT2D eigenvalue weighted by molar-refractivity contribution is 5.85. The van der Waals surface area contributed by atoms with Gasteiger partial charge in [0.25, 0.3) is 0 Å². The lowest BCUT2D eigenvalue weighted by molar-refractivity contribution is 0.308. The van der Waals surface area contributed by atoms with Crippen molar-refractivity contribution in [3.8, 4) is 11.1 Å². The summed E-state index contributed by atoms with van der Waals surface area (Å²) in [6.07, 6.45) is 12.0. The molecule has 0 radical (unpaired) electrons. The Morgan fingerprint density at radius 1 is 1.05 bits per heavy atom. The smallest absolute Gasteiger partial charge is 0.0568 e. The standard InChI is InChI=1S/C18H25N3.ClH/c19-11-10-15-6-8-17(9-7-15)18-12-20-21(14-18)13-16-4-2-1-3-5-16;/h6-9,12,14,16H,1-5,10-11,13,19H2;1H. The van der Waals surface area contributed by atoms with Crippen LogP contribution in [0.1, 0.15) is 37.7 Å². The van der Waals surface area contributed by atoms with E-state index < -0.39 is 0 Å². The predicted molar refractivity (Wildman–Crippen MR) is 94.2 cm³/mol. The second kappa shape index (κ2) is 8.35. The van der Waals surface area contributed by atoms with Gasteiger partial charge in [-0.2, -0.15) is 5.10 Å². The molecule has 0 aliphatic heterocycles. The van der Waals surface area contributed by atoms with Crippen LogP contribution in [-0.2, 0) is 13.0 Å². The molecule has 0 atom stereocenters. The van der Waals surface area contributed by atoms with Gasteiger partial charge in [-0.15, -0.1) is 12.4 Å². The Morgan fingerprint density at radius 3 is 2.45 bits per heavy atom. The van der Waals surface area contributed by atoms with Crippen LogP contribution in [0.5, 0.6) is 0 Å². The molecular formula is C18H26ClN3. The van der Waals surface area contributed by atoms with Gasteiger partial charge in [-0.25, -0.2) is 0 Å². The second-order valence-corrected chi connectivity index (χ2v) is 6.19. The van der Waals surface area contributed by atoms with Gasteiger partial charge in [0.2, 0.25) is 0 Å². The van der Waals surface area contributed by atoms with Gasteiger partial charge in [-0.3, -0.25) is 4.68 Å². The van der Waals surface area contributed by atoms with Gasteiger partial charge in [-0.1, -0.05) is 43.5 Å². The number of nitrogens with zero attached hydrogens (tertiary/aromatic N) is 2. The van der Waals surface area contributed by atoms with Crippen molar-refractivity contribution in [2.24, 2.45) is 11.7 Å². The van der Waals surface area contributed by atoms with E-state index in [0.29, 0.717) is 6.54 Å². The second-order valence-electron chi connectivity index (χ2n) is 6.19. The van der Waals surface area contributed by atoms with Crippen LogP contribution in [0.25, 0.3) is 11.1 Å². The highest BCUT2D eigenvalue weighted by Gasteiger charge is 2.14. The predicted octanol–water partition coefficient (Wildman–Crippen LogP) is 4.05. The summed E-state index contributed by atoms with van der Waals surface area (Å²) in [4.78, 5) is 0. The Kier molecular flexibility index (Phi) is 6.47. The van der Waals surface area contributed by atoms with Crippen molar-refractivity contribution in [3.05, 3.63) is 42.2 Å². The molecule has 120 valence electrons. The normalized spacial score (nSPS) is 15.5. The molecule has 0 unspecified atom stereocenters. The van der Waals surface area contributed by atoms with Crippen molar-refractivity contribution < 1.29 is 0 Å². The fourth-order valence-electron chi connectivity index (χ4n) is 3.28. The zero-order valence-corrected chi connectivity index (χ0v) is 13.9. The molecule has 2 N–H and O–H groups in total. The molecule has 3 nitrogen and oxygen atoms in total. The van der Waals surface area contributed by atoms with Crippen molar-refractivity contribution in [2.75, 3.05) is 6.54 Å². The summed E-state index contributed by atoms with van der Waals surface area (Å²) in [5, 5.41) is 4.54. The summed E-state index contributed by atoms with van der Waals surface area (Å²) in [7, 11) is 0. The van der Waals surface area contributed by atoms with Crippen molar-refractivity contribution in [1.29, 1.82) is 0 Å². The maximum Gasteiger partial charge on any atom is 0.0568 e. The monoisotopic (exact) mass is 319 g/mol. The zero-order chi connectivity index (χ0) is 14.5. The molecule has 1 aliphatic rings. The number of hydrogen-bond acceptors (Lipinski definition) is 2. The molecule has 0 amide bonds. The van der Waals surface area contributed by atoms with Crippen LogP contribution in [0, 0.1) is 5.92 Å². The van der Waals surface area contributed by atoms with Gasteiger partial charge in [0, 0.05) is 18.3 Å². The molecule has 22 heavy (non-hydrogen) atoms. The van der Waals surface area contributed by atoms with Crippen LogP contribution < -0.4 is 5.73 Å². The Balaban J connectivity index is 0.00000176. The Labute approximate surface area is 139 Å². The molecule has 0 saturated heterocycles. The van der Waals surface area contributed by atoms with Gasteiger partial charge in [0.15, 0.2) is 0 Å². The van der Waals surface area contributed by atoms with Crippen LogP contribution in [0.3, 0.4) is 0 Å². The third-order valence-corrected chi connectivity index (χ3v) is 4.52. The number of halogens is 1. The van der Waals surface area contributed by atoms with Crippen molar-refractivity contribution >= 4 is 12.4 Å². The van der Waals surface area contributed by atoms with E-state index >= 15 is 0 Å². The summed E-state index contributed by atoms with van der Waals surface area (Å²) in [5.74, 6) is 0.818. The first kappa shape index (κ1) is 17.0. The summed E-state index contributed by atoms with van der Waals surface area (Å²) >= 11 is 0. The van der Waals surface area contributed by atoms with E-state index in [0.717, 1.165) is 18.9 Å². The minimum atomic E-state index is 0. The van der Waals surface area contributed by atoms with E-state index in [1.807, 2.05) is 6.20 Å². The Bertz CT molecular complexity index is 556. The van der Waals surface area contributed by atoms with E-state index in [-0.39, 0.29) is 12.4 Å². The first-order valence-corrected chi connectivity index (χ1v) is 8.17.